The summed E-state index contributed by atoms with van der Waals surface area (Å²) in [7, 11) is 0. The first-order valence-electron chi connectivity index (χ1n) is 4.82. The Hall–Kier alpha value is -0.850. The van der Waals surface area contributed by atoms with Crippen molar-refractivity contribution < 1.29 is 0 Å². The molecule has 0 spiro atoms. The summed E-state index contributed by atoms with van der Waals surface area (Å²) in [6.07, 6.45) is 0.790. The molecular formula is C10H12IN3O. The highest BCUT2D eigenvalue weighted by atomic mass is 127. The van der Waals surface area contributed by atoms with E-state index < -0.39 is 0 Å². The van der Waals surface area contributed by atoms with Gasteiger partial charge in [0, 0.05) is 11.3 Å². The van der Waals surface area contributed by atoms with Crippen molar-refractivity contribution in [3.05, 3.63) is 30.9 Å². The molecule has 0 atom stereocenters. The summed E-state index contributed by atoms with van der Waals surface area (Å²) >= 11 is 2.21. The van der Waals surface area contributed by atoms with Crippen LogP contribution in [0.2, 0.25) is 0 Å². The zero-order valence-corrected chi connectivity index (χ0v) is 11.0. The molecule has 0 saturated heterocycles. The van der Waals surface area contributed by atoms with E-state index in [9.17, 15) is 4.79 Å². The molecule has 0 aliphatic heterocycles. The Bertz CT molecular complexity index is 582. The lowest BCUT2D eigenvalue weighted by Crippen LogP contribution is -2.20. The maximum atomic E-state index is 12.0. The normalized spacial score (nSPS) is 11.2. The van der Waals surface area contributed by atoms with Crippen molar-refractivity contribution in [2.45, 2.75) is 27.2 Å². The number of rotatable bonds is 1. The zero-order valence-electron chi connectivity index (χ0n) is 8.89. The Morgan fingerprint density at radius 2 is 2.13 bits per heavy atom. The number of H-pyrrole nitrogens is 1. The van der Waals surface area contributed by atoms with Crippen LogP contribution in [-0.4, -0.2) is 14.6 Å². The number of aryl methyl sites for hydroxylation is 2. The van der Waals surface area contributed by atoms with Crippen molar-refractivity contribution in [3.8, 4) is 0 Å². The molecule has 0 amide bonds. The third-order valence-electron chi connectivity index (χ3n) is 2.55. The average molecular weight is 317 g/mol. The van der Waals surface area contributed by atoms with Crippen molar-refractivity contribution in [1.82, 2.24) is 14.6 Å². The SMILES string of the molecule is CCc1nc2c(I)c(C)[nH]n2c(=O)c1C. The van der Waals surface area contributed by atoms with Gasteiger partial charge in [0.1, 0.15) is 0 Å². The van der Waals surface area contributed by atoms with E-state index in [-0.39, 0.29) is 5.56 Å². The van der Waals surface area contributed by atoms with Gasteiger partial charge in [-0.3, -0.25) is 9.89 Å². The topological polar surface area (TPSA) is 50.2 Å². The van der Waals surface area contributed by atoms with E-state index in [0.29, 0.717) is 0 Å². The number of halogens is 1. The summed E-state index contributed by atoms with van der Waals surface area (Å²) in [6.45, 7) is 5.78. The van der Waals surface area contributed by atoms with Crippen molar-refractivity contribution in [1.29, 1.82) is 0 Å². The van der Waals surface area contributed by atoms with Crippen LogP contribution >= 0.6 is 22.6 Å². The second-order valence-corrected chi connectivity index (χ2v) is 4.63. The van der Waals surface area contributed by atoms with Crippen LogP contribution in [0.1, 0.15) is 23.9 Å². The van der Waals surface area contributed by atoms with E-state index in [1.54, 1.807) is 0 Å². The molecule has 0 aromatic carbocycles. The van der Waals surface area contributed by atoms with Crippen molar-refractivity contribution in [2.75, 3.05) is 0 Å². The fourth-order valence-electron chi connectivity index (χ4n) is 1.63. The van der Waals surface area contributed by atoms with Crippen LogP contribution in [0, 0.1) is 17.4 Å². The summed E-state index contributed by atoms with van der Waals surface area (Å²) in [4.78, 5) is 16.5. The Morgan fingerprint density at radius 1 is 1.47 bits per heavy atom. The molecular weight excluding hydrogens is 305 g/mol. The van der Waals surface area contributed by atoms with Crippen LogP contribution in [0.3, 0.4) is 0 Å². The molecule has 5 heteroatoms. The molecule has 0 aliphatic rings. The summed E-state index contributed by atoms with van der Waals surface area (Å²) in [6, 6.07) is 0. The minimum atomic E-state index is 0.00265. The van der Waals surface area contributed by atoms with Crippen LogP contribution in [0.4, 0.5) is 0 Å². The predicted octanol–water partition coefficient (Wildman–Crippen LogP) is 1.81. The number of hydrogen-bond acceptors (Lipinski definition) is 2. The monoisotopic (exact) mass is 317 g/mol. The highest BCUT2D eigenvalue weighted by Gasteiger charge is 2.12. The van der Waals surface area contributed by atoms with E-state index in [0.717, 1.165) is 32.6 Å². The summed E-state index contributed by atoms with van der Waals surface area (Å²) in [5.74, 6) is 0. The highest BCUT2D eigenvalue weighted by molar-refractivity contribution is 14.1. The van der Waals surface area contributed by atoms with E-state index in [1.807, 2.05) is 20.8 Å². The lowest BCUT2D eigenvalue weighted by Gasteiger charge is -2.01. The van der Waals surface area contributed by atoms with Crippen molar-refractivity contribution in [2.24, 2.45) is 0 Å². The Balaban J connectivity index is 2.97. The van der Waals surface area contributed by atoms with Crippen molar-refractivity contribution in [3.63, 3.8) is 0 Å². The van der Waals surface area contributed by atoms with Crippen LogP contribution < -0.4 is 5.56 Å². The van der Waals surface area contributed by atoms with Crippen molar-refractivity contribution >= 4 is 28.2 Å². The summed E-state index contributed by atoms with van der Waals surface area (Å²) in [5, 5.41) is 3.02. The summed E-state index contributed by atoms with van der Waals surface area (Å²) in [5.41, 5.74) is 3.33. The third-order valence-corrected chi connectivity index (χ3v) is 3.84. The second kappa shape index (κ2) is 3.62. The number of nitrogens with zero attached hydrogens (tertiary/aromatic N) is 2. The number of aromatic nitrogens is 3. The standard InChI is InChI=1S/C10H12IN3O/c1-4-7-5(2)10(15)14-9(12-7)8(11)6(3)13-14/h13H,4H2,1-3H3. The van der Waals surface area contributed by atoms with Gasteiger partial charge in [0.15, 0.2) is 5.65 Å². The first-order chi connectivity index (χ1) is 7.06. The molecule has 1 N–H and O–H groups in total. The lowest BCUT2D eigenvalue weighted by molar-refractivity contribution is 0.845. The van der Waals surface area contributed by atoms with Gasteiger partial charge >= 0.3 is 0 Å². The van der Waals surface area contributed by atoms with E-state index >= 15 is 0 Å². The Kier molecular flexibility index (Phi) is 2.57. The number of nitrogens with one attached hydrogen (secondary N) is 1. The van der Waals surface area contributed by atoms with Gasteiger partial charge in [-0.2, -0.15) is 0 Å². The number of hydrogen-bond donors (Lipinski definition) is 1. The van der Waals surface area contributed by atoms with Gasteiger partial charge in [-0.15, -0.1) is 0 Å². The molecule has 2 aromatic rings. The van der Waals surface area contributed by atoms with Crippen LogP contribution in [-0.2, 0) is 6.42 Å². The largest absolute Gasteiger partial charge is 0.293 e. The molecule has 0 fully saturated rings. The second-order valence-electron chi connectivity index (χ2n) is 3.55. The van der Waals surface area contributed by atoms with Gasteiger partial charge in [0.05, 0.1) is 9.26 Å². The van der Waals surface area contributed by atoms with Gasteiger partial charge < -0.3 is 0 Å². The molecule has 0 bridgehead atoms. The maximum Gasteiger partial charge on any atom is 0.275 e. The zero-order chi connectivity index (χ0) is 11.2. The van der Waals surface area contributed by atoms with Gasteiger partial charge in [-0.1, -0.05) is 6.92 Å². The molecule has 4 nitrogen and oxygen atoms in total. The van der Waals surface area contributed by atoms with E-state index in [4.69, 9.17) is 0 Å². The van der Waals surface area contributed by atoms with Gasteiger partial charge in [-0.05, 0) is 42.9 Å². The molecule has 15 heavy (non-hydrogen) atoms. The quantitative estimate of drug-likeness (QED) is 0.816. The first kappa shape index (κ1) is 10.7. The molecule has 0 radical (unpaired) electrons. The average Bonchev–Trinajstić information content (AvgIpc) is 2.50. The first-order valence-corrected chi connectivity index (χ1v) is 5.90. The highest BCUT2D eigenvalue weighted by Crippen LogP contribution is 2.15. The Labute approximate surface area is 101 Å². The van der Waals surface area contributed by atoms with E-state index in [1.165, 1.54) is 4.52 Å². The third kappa shape index (κ3) is 1.49. The van der Waals surface area contributed by atoms with Crippen LogP contribution in [0.25, 0.3) is 5.65 Å². The fraction of sp³-hybridized carbons (Fsp3) is 0.400. The van der Waals surface area contributed by atoms with Gasteiger partial charge in [-0.25, -0.2) is 9.50 Å². The van der Waals surface area contributed by atoms with E-state index in [2.05, 4.69) is 32.7 Å². The molecule has 2 rings (SSSR count). The predicted molar refractivity (Wildman–Crippen MR) is 67.4 cm³/mol. The number of aromatic amines is 1. The molecule has 0 unspecified atom stereocenters. The number of fused-ring (bicyclic) bond motifs is 1. The summed E-state index contributed by atoms with van der Waals surface area (Å²) < 4.78 is 2.53. The van der Waals surface area contributed by atoms with Gasteiger partial charge in [0.25, 0.3) is 5.56 Å². The molecule has 2 heterocycles. The fourth-order valence-corrected chi connectivity index (χ4v) is 2.11. The maximum absolute atomic E-state index is 12.0. The van der Waals surface area contributed by atoms with Crippen LogP contribution in [0.5, 0.6) is 0 Å². The van der Waals surface area contributed by atoms with Gasteiger partial charge in [0.2, 0.25) is 0 Å². The molecule has 0 saturated carbocycles. The smallest absolute Gasteiger partial charge is 0.275 e. The molecule has 0 aliphatic carbocycles. The van der Waals surface area contributed by atoms with Crippen LogP contribution in [0.15, 0.2) is 4.79 Å². The minimum Gasteiger partial charge on any atom is -0.293 e. The Morgan fingerprint density at radius 3 is 2.73 bits per heavy atom. The minimum absolute atomic E-state index is 0.00265. The molecule has 2 aromatic heterocycles. The molecule has 80 valence electrons. The lowest BCUT2D eigenvalue weighted by atomic mass is 10.2.